The molecule has 1 saturated carbocycles. The molecule has 0 atom stereocenters. The lowest BCUT2D eigenvalue weighted by atomic mass is 9.51. The van der Waals surface area contributed by atoms with Gasteiger partial charge in [-0.15, -0.1) is 0 Å². The predicted octanol–water partition coefficient (Wildman–Crippen LogP) is 3.60. The summed E-state index contributed by atoms with van der Waals surface area (Å²) in [5, 5.41) is 0.626. The Bertz CT molecular complexity index is 493. The quantitative estimate of drug-likeness (QED) is 0.758. The average Bonchev–Trinajstić information content (AvgIpc) is 2.21. The average molecular weight is 264 g/mol. The zero-order valence-electron chi connectivity index (χ0n) is 10.9. The first-order valence-corrected chi connectivity index (χ1v) is 6.82. The van der Waals surface area contributed by atoms with E-state index in [0.29, 0.717) is 21.4 Å². The molecule has 0 aromatic heterocycles. The second-order valence-electron chi connectivity index (χ2n) is 6.69. The molecule has 96 valence electrons. The number of hydrogen-bond donors (Lipinski definition) is 0. The maximum atomic E-state index is 12.2. The van der Waals surface area contributed by atoms with Gasteiger partial charge >= 0.3 is 0 Å². The summed E-state index contributed by atoms with van der Waals surface area (Å²) in [7, 11) is 0. The van der Waals surface area contributed by atoms with E-state index in [9.17, 15) is 4.79 Å². The number of carbonyl (C=O) groups excluding carboxylic acids is 1. The minimum Gasteiger partial charge on any atom is -0.337 e. The van der Waals surface area contributed by atoms with Crippen LogP contribution in [0.2, 0.25) is 5.02 Å². The summed E-state index contributed by atoms with van der Waals surface area (Å²) in [6, 6.07) is 7.21. The van der Waals surface area contributed by atoms with E-state index < -0.39 is 0 Å². The number of rotatable bonds is 1. The Morgan fingerprint density at radius 3 is 2.50 bits per heavy atom. The Morgan fingerprint density at radius 2 is 1.94 bits per heavy atom. The highest BCUT2D eigenvalue weighted by Gasteiger charge is 2.56. The third kappa shape index (κ3) is 1.93. The second kappa shape index (κ2) is 3.74. The number of halogens is 1. The fourth-order valence-corrected chi connectivity index (χ4v) is 4.10. The molecule has 1 aromatic rings. The van der Waals surface area contributed by atoms with Gasteiger partial charge in [-0.1, -0.05) is 31.5 Å². The molecule has 2 aliphatic rings. The minimum atomic E-state index is 0.118. The molecular weight excluding hydrogens is 246 g/mol. The van der Waals surface area contributed by atoms with Gasteiger partial charge in [-0.25, -0.2) is 0 Å². The first-order valence-electron chi connectivity index (χ1n) is 6.44. The molecule has 0 bridgehead atoms. The molecule has 0 N–H and O–H groups in total. The van der Waals surface area contributed by atoms with Crippen LogP contribution in [0.4, 0.5) is 0 Å². The molecule has 1 amide bonds. The molecule has 1 saturated heterocycles. The Labute approximate surface area is 113 Å². The van der Waals surface area contributed by atoms with Gasteiger partial charge < -0.3 is 4.90 Å². The van der Waals surface area contributed by atoms with Crippen LogP contribution in [0.15, 0.2) is 24.3 Å². The van der Waals surface area contributed by atoms with Crippen LogP contribution < -0.4 is 0 Å². The van der Waals surface area contributed by atoms with Crippen LogP contribution in [0, 0.1) is 10.8 Å². The maximum absolute atomic E-state index is 12.2. The third-order valence-corrected chi connectivity index (χ3v) is 4.35. The van der Waals surface area contributed by atoms with Crippen molar-refractivity contribution in [2.75, 3.05) is 13.1 Å². The zero-order chi connectivity index (χ0) is 13.0. The van der Waals surface area contributed by atoms with Crippen molar-refractivity contribution < 1.29 is 4.79 Å². The summed E-state index contributed by atoms with van der Waals surface area (Å²) in [5.41, 5.74) is 1.61. The number of likely N-dealkylation sites (tertiary alicyclic amines) is 1. The molecule has 1 aromatic carbocycles. The van der Waals surface area contributed by atoms with Crippen LogP contribution in [0.5, 0.6) is 0 Å². The van der Waals surface area contributed by atoms with Gasteiger partial charge in [-0.05, 0) is 36.5 Å². The van der Waals surface area contributed by atoms with E-state index >= 15 is 0 Å². The van der Waals surface area contributed by atoms with Gasteiger partial charge in [-0.2, -0.15) is 0 Å². The number of amides is 1. The monoisotopic (exact) mass is 263 g/mol. The number of hydrogen-bond acceptors (Lipinski definition) is 1. The van der Waals surface area contributed by atoms with Gasteiger partial charge in [0.05, 0.1) is 0 Å². The van der Waals surface area contributed by atoms with Gasteiger partial charge in [0.2, 0.25) is 0 Å². The standard InChI is InChI=1S/C15H18ClNO/c1-14(2)7-15(8-14)9-17(10-15)13(18)11-4-3-5-12(16)6-11/h3-6H,7-10H2,1-2H3. The number of nitrogens with zero attached hydrogens (tertiary/aromatic N) is 1. The Kier molecular flexibility index (Phi) is 2.50. The molecule has 0 radical (unpaired) electrons. The van der Waals surface area contributed by atoms with Crippen molar-refractivity contribution in [2.24, 2.45) is 10.8 Å². The molecular formula is C15H18ClNO. The summed E-state index contributed by atoms with van der Waals surface area (Å²) < 4.78 is 0. The molecule has 2 nitrogen and oxygen atoms in total. The van der Waals surface area contributed by atoms with Crippen molar-refractivity contribution in [3.05, 3.63) is 34.9 Å². The Hall–Kier alpha value is -1.02. The summed E-state index contributed by atoms with van der Waals surface area (Å²) in [5.74, 6) is 0.118. The van der Waals surface area contributed by atoms with E-state index in [1.54, 1.807) is 12.1 Å². The van der Waals surface area contributed by atoms with Crippen LogP contribution in [0.1, 0.15) is 37.0 Å². The third-order valence-electron chi connectivity index (χ3n) is 4.12. The Morgan fingerprint density at radius 1 is 1.28 bits per heavy atom. The number of benzene rings is 1. The first kappa shape index (κ1) is 12.0. The topological polar surface area (TPSA) is 20.3 Å². The molecule has 3 rings (SSSR count). The molecule has 1 spiro atoms. The molecule has 18 heavy (non-hydrogen) atoms. The van der Waals surface area contributed by atoms with Crippen LogP contribution in [0.25, 0.3) is 0 Å². The smallest absolute Gasteiger partial charge is 0.253 e. The van der Waals surface area contributed by atoms with Crippen molar-refractivity contribution in [1.29, 1.82) is 0 Å². The van der Waals surface area contributed by atoms with Crippen molar-refractivity contribution in [1.82, 2.24) is 4.90 Å². The summed E-state index contributed by atoms with van der Waals surface area (Å²) >= 11 is 5.92. The van der Waals surface area contributed by atoms with Crippen LogP contribution in [0.3, 0.4) is 0 Å². The van der Waals surface area contributed by atoms with E-state index in [4.69, 9.17) is 11.6 Å². The van der Waals surface area contributed by atoms with Crippen molar-refractivity contribution in [3.63, 3.8) is 0 Å². The van der Waals surface area contributed by atoms with Crippen molar-refractivity contribution in [3.8, 4) is 0 Å². The number of carbonyl (C=O) groups is 1. The van der Waals surface area contributed by atoms with Gasteiger partial charge in [0.1, 0.15) is 0 Å². The predicted molar refractivity (Wildman–Crippen MR) is 72.8 cm³/mol. The molecule has 3 heteroatoms. The second-order valence-corrected chi connectivity index (χ2v) is 7.13. The summed E-state index contributed by atoms with van der Waals surface area (Å²) in [6.07, 6.45) is 2.50. The molecule has 1 aliphatic heterocycles. The van der Waals surface area contributed by atoms with Gasteiger partial charge in [0.25, 0.3) is 5.91 Å². The van der Waals surface area contributed by atoms with Crippen LogP contribution >= 0.6 is 11.6 Å². The highest BCUT2D eigenvalue weighted by molar-refractivity contribution is 6.30. The van der Waals surface area contributed by atoms with Crippen LogP contribution in [-0.2, 0) is 0 Å². The minimum absolute atomic E-state index is 0.118. The maximum Gasteiger partial charge on any atom is 0.253 e. The summed E-state index contributed by atoms with van der Waals surface area (Å²) in [6.45, 7) is 6.45. The van der Waals surface area contributed by atoms with E-state index in [-0.39, 0.29) is 5.91 Å². The molecule has 2 fully saturated rings. The Balaban J connectivity index is 1.64. The van der Waals surface area contributed by atoms with E-state index in [1.165, 1.54) is 12.8 Å². The van der Waals surface area contributed by atoms with E-state index in [2.05, 4.69) is 13.8 Å². The zero-order valence-corrected chi connectivity index (χ0v) is 11.6. The van der Waals surface area contributed by atoms with Crippen LogP contribution in [-0.4, -0.2) is 23.9 Å². The fraction of sp³-hybridized carbons (Fsp3) is 0.533. The van der Waals surface area contributed by atoms with E-state index in [1.807, 2.05) is 17.0 Å². The summed E-state index contributed by atoms with van der Waals surface area (Å²) in [4.78, 5) is 14.2. The fourth-order valence-electron chi connectivity index (χ4n) is 3.91. The lowest BCUT2D eigenvalue weighted by Gasteiger charge is -2.62. The van der Waals surface area contributed by atoms with Crippen molar-refractivity contribution >= 4 is 17.5 Å². The molecule has 0 unspecified atom stereocenters. The lowest BCUT2D eigenvalue weighted by molar-refractivity contribution is -0.112. The SMILES string of the molecule is CC1(C)CC2(CN(C(=O)c3cccc(Cl)c3)C2)C1. The molecule has 1 aliphatic carbocycles. The van der Waals surface area contributed by atoms with Gasteiger partial charge in [-0.3, -0.25) is 4.79 Å². The molecule has 1 heterocycles. The highest BCUT2D eigenvalue weighted by Crippen LogP contribution is 2.58. The highest BCUT2D eigenvalue weighted by atomic mass is 35.5. The van der Waals surface area contributed by atoms with E-state index in [0.717, 1.165) is 13.1 Å². The van der Waals surface area contributed by atoms with Gasteiger partial charge in [0.15, 0.2) is 0 Å². The normalized spacial score (nSPS) is 23.4. The van der Waals surface area contributed by atoms with Gasteiger partial charge in [0, 0.05) is 29.1 Å². The largest absolute Gasteiger partial charge is 0.337 e. The first-order chi connectivity index (χ1) is 8.39. The lowest BCUT2D eigenvalue weighted by Crippen LogP contribution is -2.65. The van der Waals surface area contributed by atoms with Crippen molar-refractivity contribution in [2.45, 2.75) is 26.7 Å².